The van der Waals surface area contributed by atoms with Crippen LogP contribution in [0.15, 0.2) is 34.9 Å². The average Bonchev–Trinajstić information content (AvgIpc) is 3.16. The molecule has 0 saturated carbocycles. The van der Waals surface area contributed by atoms with E-state index in [1.165, 1.54) is 4.90 Å². The van der Waals surface area contributed by atoms with Gasteiger partial charge in [-0.05, 0) is 80.5 Å². The number of pyridine rings is 1. The first-order valence-electron chi connectivity index (χ1n) is 13.6. The van der Waals surface area contributed by atoms with Crippen molar-refractivity contribution in [3.63, 3.8) is 0 Å². The molecule has 0 saturated heterocycles. The number of fused-ring (bicyclic) bond motifs is 5. The van der Waals surface area contributed by atoms with E-state index in [0.717, 1.165) is 4.90 Å². The molecule has 0 unspecified atom stereocenters. The van der Waals surface area contributed by atoms with Crippen LogP contribution in [-0.2, 0) is 18.9 Å². The lowest BCUT2D eigenvalue weighted by atomic mass is 10.1. The Morgan fingerprint density at radius 2 is 1.52 bits per heavy atom. The topological polar surface area (TPSA) is 138 Å². The number of anilines is 1. The number of nitrogens with zero attached hydrogens (tertiary/aromatic N) is 3. The molecule has 0 spiro atoms. The maximum absolute atomic E-state index is 14.2. The SMILES string of the molecule is CC(C)(C)OC(=O)OC[C@@H]1CN(C(=O)OC(C)(C)C)c2c(oc3ccc4ncccc4c23)C(=O)N1C(=O)OC(C)(C)C. The largest absolute Gasteiger partial charge is 0.508 e. The van der Waals surface area contributed by atoms with Gasteiger partial charge in [0.2, 0.25) is 5.76 Å². The number of hydrogen-bond donors (Lipinski definition) is 0. The molecule has 0 radical (unpaired) electrons. The van der Waals surface area contributed by atoms with E-state index in [4.69, 9.17) is 23.4 Å². The van der Waals surface area contributed by atoms with Crippen molar-refractivity contribution in [2.24, 2.45) is 0 Å². The summed E-state index contributed by atoms with van der Waals surface area (Å²) in [6, 6.07) is 5.69. The van der Waals surface area contributed by atoms with Crippen molar-refractivity contribution in [1.82, 2.24) is 9.88 Å². The van der Waals surface area contributed by atoms with Gasteiger partial charge in [-0.15, -0.1) is 0 Å². The first-order valence-corrected chi connectivity index (χ1v) is 13.6. The molecule has 0 fully saturated rings. The van der Waals surface area contributed by atoms with Gasteiger partial charge in [0.05, 0.1) is 23.5 Å². The second-order valence-corrected chi connectivity index (χ2v) is 13.0. The molecule has 4 rings (SSSR count). The van der Waals surface area contributed by atoms with Gasteiger partial charge in [-0.1, -0.05) is 6.07 Å². The van der Waals surface area contributed by atoms with Crippen LogP contribution in [0, 0.1) is 0 Å². The van der Waals surface area contributed by atoms with Gasteiger partial charge in [-0.25, -0.2) is 19.3 Å². The third-order valence-corrected chi connectivity index (χ3v) is 5.84. The molecule has 12 heteroatoms. The van der Waals surface area contributed by atoms with Crippen LogP contribution in [0.25, 0.3) is 21.9 Å². The van der Waals surface area contributed by atoms with E-state index in [0.29, 0.717) is 21.9 Å². The first-order chi connectivity index (χ1) is 19.3. The molecule has 1 aromatic carbocycles. The Morgan fingerprint density at radius 1 is 0.905 bits per heavy atom. The van der Waals surface area contributed by atoms with E-state index in [1.54, 1.807) is 92.8 Å². The Morgan fingerprint density at radius 3 is 2.14 bits per heavy atom. The Balaban J connectivity index is 1.91. The zero-order valence-electron chi connectivity index (χ0n) is 25.4. The number of furan rings is 1. The molecule has 0 bridgehead atoms. The molecule has 12 nitrogen and oxygen atoms in total. The van der Waals surface area contributed by atoms with Gasteiger partial charge in [0.1, 0.15) is 34.7 Å². The molecule has 0 N–H and O–H groups in total. The molecule has 3 aromatic rings. The molecular formula is C30H37N3O9. The van der Waals surface area contributed by atoms with Crippen LogP contribution < -0.4 is 4.90 Å². The van der Waals surface area contributed by atoms with Gasteiger partial charge in [0.15, 0.2) is 0 Å². The van der Waals surface area contributed by atoms with Crippen molar-refractivity contribution in [3.05, 3.63) is 36.2 Å². The van der Waals surface area contributed by atoms with Crippen molar-refractivity contribution in [3.8, 4) is 0 Å². The number of hydrogen-bond acceptors (Lipinski definition) is 10. The summed E-state index contributed by atoms with van der Waals surface area (Å²) in [5, 5.41) is 1.06. The van der Waals surface area contributed by atoms with Gasteiger partial charge < -0.3 is 23.4 Å². The lowest BCUT2D eigenvalue weighted by molar-refractivity contribution is -0.0221. The minimum absolute atomic E-state index is 0.108. The number of aromatic nitrogens is 1. The van der Waals surface area contributed by atoms with Crippen LogP contribution in [0.3, 0.4) is 0 Å². The molecule has 1 aliphatic heterocycles. The number of imide groups is 1. The Kier molecular flexibility index (Phi) is 7.88. The summed E-state index contributed by atoms with van der Waals surface area (Å²) >= 11 is 0. The van der Waals surface area contributed by atoms with Crippen molar-refractivity contribution in [2.75, 3.05) is 18.1 Å². The fourth-order valence-electron chi connectivity index (χ4n) is 4.39. The van der Waals surface area contributed by atoms with E-state index in [2.05, 4.69) is 4.98 Å². The first kappa shape index (κ1) is 30.6. The Hall–Kier alpha value is -4.35. The lowest BCUT2D eigenvalue weighted by Gasteiger charge is -2.32. The summed E-state index contributed by atoms with van der Waals surface area (Å²) in [7, 11) is 0. The standard InChI is InChI=1S/C30H37N3O9/c1-28(2,3)40-25(35)32-15-17(16-38-27(37)42-30(7,8)9)33(26(36)41-29(4,5)6)24(34)23-22(32)21-18-11-10-14-31-19(18)12-13-20(21)39-23/h10-14,17H,15-16H2,1-9H3/t17-/m0/s1. The van der Waals surface area contributed by atoms with Crippen LogP contribution in [-0.4, -0.2) is 70.1 Å². The van der Waals surface area contributed by atoms with E-state index in [9.17, 15) is 19.2 Å². The van der Waals surface area contributed by atoms with Gasteiger partial charge in [-0.3, -0.25) is 14.7 Å². The number of carbonyl (C=O) groups is 4. The second kappa shape index (κ2) is 10.8. The predicted octanol–water partition coefficient (Wildman–Crippen LogP) is 6.43. The molecule has 3 amide bonds. The summed E-state index contributed by atoms with van der Waals surface area (Å²) < 4.78 is 27.9. The van der Waals surface area contributed by atoms with Crippen molar-refractivity contribution >= 4 is 51.8 Å². The zero-order valence-corrected chi connectivity index (χ0v) is 25.4. The predicted molar refractivity (Wildman–Crippen MR) is 153 cm³/mol. The minimum atomic E-state index is -1.20. The third-order valence-electron chi connectivity index (χ3n) is 5.84. The van der Waals surface area contributed by atoms with Crippen molar-refractivity contribution in [2.45, 2.75) is 85.2 Å². The highest BCUT2D eigenvalue weighted by atomic mass is 16.7. The molecule has 1 aliphatic rings. The summed E-state index contributed by atoms with van der Waals surface area (Å²) in [4.78, 5) is 60.4. The van der Waals surface area contributed by atoms with Gasteiger partial charge in [0.25, 0.3) is 0 Å². The monoisotopic (exact) mass is 583 g/mol. The average molecular weight is 584 g/mol. The number of amides is 3. The number of rotatable bonds is 2. The quantitative estimate of drug-likeness (QED) is 0.245. The lowest BCUT2D eigenvalue weighted by Crippen LogP contribution is -2.53. The van der Waals surface area contributed by atoms with E-state index in [-0.39, 0.29) is 18.0 Å². The summed E-state index contributed by atoms with van der Waals surface area (Å²) in [6.07, 6.45) is -1.19. The molecule has 42 heavy (non-hydrogen) atoms. The molecule has 226 valence electrons. The van der Waals surface area contributed by atoms with Crippen LogP contribution in [0.4, 0.5) is 20.1 Å². The highest BCUT2D eigenvalue weighted by molar-refractivity contribution is 6.20. The number of benzene rings is 1. The van der Waals surface area contributed by atoms with Gasteiger partial charge >= 0.3 is 24.2 Å². The fraction of sp³-hybridized carbons (Fsp3) is 0.500. The maximum atomic E-state index is 14.2. The molecule has 1 atom stereocenters. The van der Waals surface area contributed by atoms with Crippen LogP contribution >= 0.6 is 0 Å². The number of ether oxygens (including phenoxy) is 4. The highest BCUT2D eigenvalue weighted by Gasteiger charge is 2.46. The van der Waals surface area contributed by atoms with Crippen LogP contribution in [0.1, 0.15) is 72.9 Å². The molecule has 3 heterocycles. The van der Waals surface area contributed by atoms with E-state index < -0.39 is 53.7 Å². The third kappa shape index (κ3) is 6.75. The molecule has 0 aliphatic carbocycles. The van der Waals surface area contributed by atoms with Crippen molar-refractivity contribution in [1.29, 1.82) is 0 Å². The number of carbonyl (C=O) groups excluding carboxylic acids is 4. The smallest absolute Gasteiger partial charge is 0.449 e. The Bertz CT molecular complexity index is 1540. The van der Waals surface area contributed by atoms with Crippen LogP contribution in [0.5, 0.6) is 0 Å². The summed E-state index contributed by atoms with van der Waals surface area (Å²) in [5.74, 6) is -1.16. The Labute approximate surface area is 243 Å². The van der Waals surface area contributed by atoms with E-state index in [1.807, 2.05) is 0 Å². The molecule has 2 aromatic heterocycles. The maximum Gasteiger partial charge on any atom is 0.508 e. The summed E-state index contributed by atoms with van der Waals surface area (Å²) in [6.45, 7) is 14.3. The van der Waals surface area contributed by atoms with Gasteiger partial charge in [-0.2, -0.15) is 0 Å². The summed E-state index contributed by atoms with van der Waals surface area (Å²) in [5.41, 5.74) is -1.71. The minimum Gasteiger partial charge on any atom is -0.449 e. The van der Waals surface area contributed by atoms with Crippen molar-refractivity contribution < 1.29 is 42.5 Å². The van der Waals surface area contributed by atoms with E-state index >= 15 is 0 Å². The highest BCUT2D eigenvalue weighted by Crippen LogP contribution is 2.42. The zero-order chi connectivity index (χ0) is 31.2. The normalized spacial score (nSPS) is 16.2. The fourth-order valence-corrected chi connectivity index (χ4v) is 4.39. The molecular weight excluding hydrogens is 546 g/mol. The van der Waals surface area contributed by atoms with Crippen LogP contribution in [0.2, 0.25) is 0 Å². The van der Waals surface area contributed by atoms with Gasteiger partial charge in [0, 0.05) is 11.6 Å². The second-order valence-electron chi connectivity index (χ2n) is 13.0.